The molecule has 0 saturated carbocycles. The van der Waals surface area contributed by atoms with Crippen LogP contribution in [0, 0.1) is 0 Å². The molecule has 56 heavy (non-hydrogen) atoms. The number of nitrogens with zero attached hydrogens (tertiary/aromatic N) is 3. The molecule has 11 aromatic rings. The topological polar surface area (TPSA) is 38.7 Å². The van der Waals surface area contributed by atoms with E-state index in [0.717, 1.165) is 22.3 Å². The zero-order valence-electron chi connectivity index (χ0n) is 30.1. The summed E-state index contributed by atoms with van der Waals surface area (Å²) in [6, 6.07) is 66.9. The Hall–Kier alpha value is -6.79. The van der Waals surface area contributed by atoms with Crippen LogP contribution in [0.25, 0.3) is 108 Å². The summed E-state index contributed by atoms with van der Waals surface area (Å²) in [5.74, 6) is 1.97. The van der Waals surface area contributed by atoms with Crippen molar-refractivity contribution in [2.45, 2.75) is 0 Å². The first kappa shape index (κ1) is 32.6. The maximum Gasteiger partial charge on any atom is 0.164 e. The molecule has 0 aliphatic carbocycles. The van der Waals surface area contributed by atoms with Gasteiger partial charge in [-0.15, -0.1) is 22.7 Å². The normalized spacial score (nSPS) is 11.6. The Morgan fingerprint density at radius 3 is 1.36 bits per heavy atom. The fourth-order valence-electron chi connectivity index (χ4n) is 7.76. The van der Waals surface area contributed by atoms with Crippen molar-refractivity contribution in [1.29, 1.82) is 0 Å². The van der Waals surface area contributed by atoms with Crippen LogP contribution in [0.5, 0.6) is 0 Å². The third-order valence-corrected chi connectivity index (χ3v) is 12.8. The van der Waals surface area contributed by atoms with Crippen molar-refractivity contribution in [2.75, 3.05) is 0 Å². The Labute approximate surface area is 331 Å². The van der Waals surface area contributed by atoms with Crippen LogP contribution in [-0.2, 0) is 0 Å². The van der Waals surface area contributed by atoms with Gasteiger partial charge in [-0.05, 0) is 63.7 Å². The van der Waals surface area contributed by atoms with Crippen LogP contribution in [0.3, 0.4) is 0 Å². The molecule has 3 aromatic heterocycles. The van der Waals surface area contributed by atoms with Crippen molar-refractivity contribution >= 4 is 63.0 Å². The van der Waals surface area contributed by atoms with Crippen LogP contribution in [0.2, 0.25) is 0 Å². The van der Waals surface area contributed by atoms with Gasteiger partial charge in [-0.25, -0.2) is 15.0 Å². The summed E-state index contributed by atoms with van der Waals surface area (Å²) in [5.41, 5.74) is 10.1. The minimum absolute atomic E-state index is 0.653. The van der Waals surface area contributed by atoms with Gasteiger partial charge in [-0.1, -0.05) is 158 Å². The highest BCUT2D eigenvalue weighted by molar-refractivity contribution is 7.26. The lowest BCUT2D eigenvalue weighted by atomic mass is 9.93. The highest BCUT2D eigenvalue weighted by Crippen LogP contribution is 2.42. The average molecular weight is 750 g/mol. The monoisotopic (exact) mass is 749 g/mol. The molecule has 3 heterocycles. The van der Waals surface area contributed by atoms with Crippen molar-refractivity contribution in [3.63, 3.8) is 0 Å². The molecule has 0 bridgehead atoms. The second-order valence-electron chi connectivity index (χ2n) is 14.0. The number of thiophene rings is 2. The molecule has 5 heteroatoms. The molecule has 8 aromatic carbocycles. The number of benzene rings is 8. The molecule has 0 unspecified atom stereocenters. The van der Waals surface area contributed by atoms with Gasteiger partial charge in [-0.2, -0.15) is 0 Å². The minimum atomic E-state index is 0.653. The highest BCUT2D eigenvalue weighted by atomic mass is 32.1. The molecule has 0 amide bonds. The van der Waals surface area contributed by atoms with E-state index in [-0.39, 0.29) is 0 Å². The summed E-state index contributed by atoms with van der Waals surface area (Å²) in [7, 11) is 0. The van der Waals surface area contributed by atoms with E-state index in [2.05, 4.69) is 164 Å². The van der Waals surface area contributed by atoms with E-state index in [1.165, 1.54) is 68.2 Å². The summed E-state index contributed by atoms with van der Waals surface area (Å²) in [5, 5.41) is 5.13. The van der Waals surface area contributed by atoms with E-state index in [4.69, 9.17) is 15.0 Å². The molecular weight excluding hydrogens is 719 g/mol. The molecule has 0 atom stereocenters. The summed E-state index contributed by atoms with van der Waals surface area (Å²) in [4.78, 5) is 15.1. The van der Waals surface area contributed by atoms with Crippen molar-refractivity contribution < 1.29 is 0 Å². The molecule has 0 N–H and O–H groups in total. The lowest BCUT2D eigenvalue weighted by molar-refractivity contribution is 1.07. The lowest BCUT2D eigenvalue weighted by Crippen LogP contribution is -2.00. The molecule has 0 saturated heterocycles. The second kappa shape index (κ2) is 13.5. The minimum Gasteiger partial charge on any atom is -0.208 e. The standard InChI is InChI=1S/C51H31N3S2/c1-3-11-32(12-4-1)33-19-21-35(22-20-33)50-52-49(34-13-5-2-6-14-34)53-51(54-50)38-24-27-43-44-29-36(25-28-46(44)56-48(43)31-38)39-15-7-8-16-40(39)37-23-26-42-41-17-9-10-18-45(41)55-47(42)30-37/h1-31H. The summed E-state index contributed by atoms with van der Waals surface area (Å²) in [6.45, 7) is 0. The number of aromatic nitrogens is 3. The predicted octanol–water partition coefficient (Wildman–Crippen LogP) is 14.6. The van der Waals surface area contributed by atoms with Crippen LogP contribution in [0.1, 0.15) is 0 Å². The van der Waals surface area contributed by atoms with Gasteiger partial charge in [0, 0.05) is 57.0 Å². The Morgan fingerprint density at radius 2 is 0.661 bits per heavy atom. The van der Waals surface area contributed by atoms with Crippen LogP contribution >= 0.6 is 22.7 Å². The van der Waals surface area contributed by atoms with E-state index in [1.807, 2.05) is 46.9 Å². The Kier molecular flexibility index (Phi) is 7.87. The van der Waals surface area contributed by atoms with E-state index < -0.39 is 0 Å². The first-order chi connectivity index (χ1) is 27.7. The maximum atomic E-state index is 5.07. The third-order valence-electron chi connectivity index (χ3n) is 10.6. The Morgan fingerprint density at radius 1 is 0.250 bits per heavy atom. The quantitative estimate of drug-likeness (QED) is 0.170. The van der Waals surface area contributed by atoms with Gasteiger partial charge in [0.1, 0.15) is 0 Å². The molecule has 3 nitrogen and oxygen atoms in total. The molecule has 0 spiro atoms. The van der Waals surface area contributed by atoms with Crippen LogP contribution in [-0.4, -0.2) is 15.0 Å². The average Bonchev–Trinajstić information content (AvgIpc) is 3.84. The van der Waals surface area contributed by atoms with Gasteiger partial charge in [-0.3, -0.25) is 0 Å². The van der Waals surface area contributed by atoms with Gasteiger partial charge < -0.3 is 0 Å². The van der Waals surface area contributed by atoms with Crippen molar-refractivity contribution in [2.24, 2.45) is 0 Å². The van der Waals surface area contributed by atoms with E-state index in [9.17, 15) is 0 Å². The van der Waals surface area contributed by atoms with Gasteiger partial charge in [0.05, 0.1) is 0 Å². The van der Waals surface area contributed by atoms with E-state index in [0.29, 0.717) is 17.5 Å². The Balaban J connectivity index is 0.980. The zero-order chi connectivity index (χ0) is 37.0. The van der Waals surface area contributed by atoms with Crippen molar-refractivity contribution in [3.8, 4) is 67.5 Å². The SMILES string of the molecule is c1ccc(-c2ccc(-c3nc(-c4ccccc4)nc(-c4ccc5c(c4)sc4ccc(-c6ccccc6-c6ccc7c(c6)sc6ccccc67)cc45)n3)cc2)cc1. The van der Waals surface area contributed by atoms with Gasteiger partial charge in [0.15, 0.2) is 17.5 Å². The summed E-state index contributed by atoms with van der Waals surface area (Å²) in [6.07, 6.45) is 0. The number of rotatable bonds is 6. The third kappa shape index (κ3) is 5.77. The van der Waals surface area contributed by atoms with Crippen LogP contribution < -0.4 is 0 Å². The molecular formula is C51H31N3S2. The molecule has 0 aliphatic heterocycles. The molecule has 262 valence electrons. The highest BCUT2D eigenvalue weighted by Gasteiger charge is 2.16. The lowest BCUT2D eigenvalue weighted by Gasteiger charge is -2.11. The molecule has 11 rings (SSSR count). The zero-order valence-corrected chi connectivity index (χ0v) is 31.7. The summed E-state index contributed by atoms with van der Waals surface area (Å²) >= 11 is 3.67. The number of hydrogen-bond donors (Lipinski definition) is 0. The number of fused-ring (bicyclic) bond motifs is 6. The van der Waals surface area contributed by atoms with E-state index in [1.54, 1.807) is 0 Å². The summed E-state index contributed by atoms with van der Waals surface area (Å²) < 4.78 is 5.10. The molecule has 0 fully saturated rings. The molecule has 0 radical (unpaired) electrons. The van der Waals surface area contributed by atoms with Gasteiger partial charge in [0.25, 0.3) is 0 Å². The predicted molar refractivity (Wildman–Crippen MR) is 238 cm³/mol. The smallest absolute Gasteiger partial charge is 0.164 e. The maximum absolute atomic E-state index is 5.07. The van der Waals surface area contributed by atoms with Gasteiger partial charge in [0.2, 0.25) is 0 Å². The molecule has 0 aliphatic rings. The van der Waals surface area contributed by atoms with Gasteiger partial charge >= 0.3 is 0 Å². The first-order valence-electron chi connectivity index (χ1n) is 18.7. The first-order valence-corrected chi connectivity index (χ1v) is 20.3. The Bertz CT molecular complexity index is 3240. The van der Waals surface area contributed by atoms with Crippen LogP contribution in [0.4, 0.5) is 0 Å². The van der Waals surface area contributed by atoms with Crippen molar-refractivity contribution in [1.82, 2.24) is 15.0 Å². The van der Waals surface area contributed by atoms with Crippen LogP contribution in [0.15, 0.2) is 188 Å². The fraction of sp³-hybridized carbons (Fsp3) is 0. The largest absolute Gasteiger partial charge is 0.208 e. The fourth-order valence-corrected chi connectivity index (χ4v) is 10.0. The van der Waals surface area contributed by atoms with E-state index >= 15 is 0 Å². The van der Waals surface area contributed by atoms with Crippen molar-refractivity contribution in [3.05, 3.63) is 188 Å². The second-order valence-corrected chi connectivity index (χ2v) is 16.2. The number of hydrogen-bond acceptors (Lipinski definition) is 5.